The number of nitrogens with zero attached hydrogens (tertiary/aromatic N) is 2. The molecular weight excluding hydrogens is 611 g/mol. The van der Waals surface area contributed by atoms with Gasteiger partial charge >= 0.3 is 29.6 Å². The monoisotopic (exact) mass is 633 g/mol. The van der Waals surface area contributed by atoms with E-state index in [1.807, 2.05) is 64.1 Å². The molecule has 1 aliphatic heterocycles. The van der Waals surface area contributed by atoms with Gasteiger partial charge in [-0.15, -0.1) is 0 Å². The molecule has 0 radical (unpaired) electrons. The van der Waals surface area contributed by atoms with Crippen molar-refractivity contribution in [2.24, 2.45) is 0 Å². The van der Waals surface area contributed by atoms with Crippen molar-refractivity contribution in [2.45, 2.75) is 24.3 Å². The quantitative estimate of drug-likeness (QED) is 0.169. The molecule has 0 unspecified atom stereocenters. The van der Waals surface area contributed by atoms with Gasteiger partial charge in [0.1, 0.15) is 4.70 Å². The molecule has 0 saturated carbocycles. The van der Waals surface area contributed by atoms with Crippen LogP contribution in [0.5, 0.6) is 0 Å². The minimum Gasteiger partial charge on any atom is -0.748 e. The molecule has 2 heterocycles. The molecule has 8 nitrogen and oxygen atoms in total. The third kappa shape index (κ3) is 7.37. The number of thiazole rings is 1. The summed E-state index contributed by atoms with van der Waals surface area (Å²) in [6.45, 7) is 0.680. The first-order valence-electron chi connectivity index (χ1n) is 11.7. The maximum Gasteiger partial charge on any atom is 1.00 e. The fraction of sp³-hybridized carbons (Fsp3) is 0.240. The van der Waals surface area contributed by atoms with Crippen LogP contribution in [0.4, 0.5) is 5.69 Å². The number of fused-ring (bicyclic) bond motifs is 4. The van der Waals surface area contributed by atoms with Crippen LogP contribution in [0.25, 0.3) is 27.1 Å². The van der Waals surface area contributed by atoms with E-state index in [4.69, 9.17) is 11.6 Å². The van der Waals surface area contributed by atoms with Crippen molar-refractivity contribution in [3.63, 3.8) is 0 Å². The molecule has 14 heteroatoms. The van der Waals surface area contributed by atoms with Crippen molar-refractivity contribution in [3.8, 4) is 0 Å². The van der Waals surface area contributed by atoms with Crippen molar-refractivity contribution in [1.82, 2.24) is 0 Å². The van der Waals surface area contributed by atoms with Gasteiger partial charge in [-0.2, -0.15) is 13.0 Å². The van der Waals surface area contributed by atoms with Crippen LogP contribution < -0.4 is 39.0 Å². The van der Waals surface area contributed by atoms with E-state index in [0.717, 1.165) is 41.6 Å². The summed E-state index contributed by atoms with van der Waals surface area (Å²) < 4.78 is 68.8. The first-order chi connectivity index (χ1) is 18.0. The third-order valence-electron chi connectivity index (χ3n) is 6.12. The number of benzene rings is 3. The summed E-state index contributed by atoms with van der Waals surface area (Å²) in [6, 6.07) is 17.6. The smallest absolute Gasteiger partial charge is 0.748 e. The second kappa shape index (κ2) is 12.4. The van der Waals surface area contributed by atoms with Gasteiger partial charge in [0.05, 0.1) is 32.7 Å². The molecule has 1 aliphatic rings. The number of anilines is 1. The van der Waals surface area contributed by atoms with Crippen LogP contribution in [0.1, 0.15) is 17.8 Å². The van der Waals surface area contributed by atoms with Crippen LogP contribution in [0.15, 0.2) is 64.5 Å². The molecular formula is C25H23ClN2NaO6S4+. The molecule has 39 heavy (non-hydrogen) atoms. The Morgan fingerprint density at radius 3 is 2.54 bits per heavy atom. The Morgan fingerprint density at radius 1 is 1.03 bits per heavy atom. The minimum absolute atomic E-state index is 0. The molecule has 3 aromatic carbocycles. The summed E-state index contributed by atoms with van der Waals surface area (Å²) in [5.74, 6) is -0.822. The number of thioether (sulfide) groups is 1. The third-order valence-corrected chi connectivity index (χ3v) is 10.2. The van der Waals surface area contributed by atoms with E-state index in [0.29, 0.717) is 18.1 Å². The van der Waals surface area contributed by atoms with Gasteiger partial charge in [0.2, 0.25) is 5.52 Å². The van der Waals surface area contributed by atoms with Crippen LogP contribution in [0.3, 0.4) is 0 Å². The number of halogens is 1. The molecule has 0 amide bonds. The van der Waals surface area contributed by atoms with E-state index >= 15 is 0 Å². The minimum atomic E-state index is -4.35. The van der Waals surface area contributed by atoms with Gasteiger partial charge in [0.25, 0.3) is 15.1 Å². The maximum atomic E-state index is 11.4. The van der Waals surface area contributed by atoms with Crippen molar-refractivity contribution >= 4 is 87.7 Å². The molecule has 0 spiro atoms. The molecule has 0 saturated heterocycles. The normalized spacial score (nSPS) is 14.7. The zero-order valence-electron chi connectivity index (χ0n) is 20.9. The van der Waals surface area contributed by atoms with Gasteiger partial charge in [0, 0.05) is 40.1 Å². The van der Waals surface area contributed by atoms with Crippen LogP contribution in [-0.4, -0.2) is 44.0 Å². The Bertz CT molecular complexity index is 1790. The topological polar surface area (TPSA) is 119 Å². The zero-order chi connectivity index (χ0) is 27.1. The molecule has 4 aromatic rings. The largest absolute Gasteiger partial charge is 1.00 e. The Hall–Kier alpha value is -1.19. The van der Waals surface area contributed by atoms with E-state index in [9.17, 15) is 25.9 Å². The first-order valence-corrected chi connectivity index (χ1v) is 16.9. The van der Waals surface area contributed by atoms with E-state index in [1.165, 1.54) is 11.8 Å². The van der Waals surface area contributed by atoms with Crippen LogP contribution in [-0.2, 0) is 26.8 Å². The van der Waals surface area contributed by atoms with Crippen LogP contribution in [0, 0.1) is 0 Å². The predicted octanol–water partition coefficient (Wildman–Crippen LogP) is 2.12. The van der Waals surface area contributed by atoms with Gasteiger partial charge in [-0.05, 0) is 36.1 Å². The summed E-state index contributed by atoms with van der Waals surface area (Å²) in [5.41, 5.74) is 1.78. The number of hydrogen-bond donors (Lipinski definition) is 1. The summed E-state index contributed by atoms with van der Waals surface area (Å²) in [5, 5.41) is 4.42. The van der Waals surface area contributed by atoms with Gasteiger partial charge in [-0.1, -0.05) is 59.0 Å². The second-order valence-electron chi connectivity index (χ2n) is 8.83. The SMILES string of the molecule is O=S(=O)([O-])CCCN1C(=Cc2sc3c4ccccc4ccc3[n+]2CCCS(=O)(=O)O)Sc2ccc(Cl)cc21.[Na+]. The van der Waals surface area contributed by atoms with Gasteiger partial charge in [-0.25, -0.2) is 8.42 Å². The maximum absolute atomic E-state index is 11.4. The van der Waals surface area contributed by atoms with Crippen molar-refractivity contribution < 1.29 is 60.1 Å². The van der Waals surface area contributed by atoms with Crippen molar-refractivity contribution in [3.05, 3.63) is 69.7 Å². The van der Waals surface area contributed by atoms with E-state index in [2.05, 4.69) is 0 Å². The summed E-state index contributed by atoms with van der Waals surface area (Å²) in [7, 11) is -8.44. The molecule has 200 valence electrons. The zero-order valence-corrected chi connectivity index (χ0v) is 26.9. The standard InChI is InChI=1S/C25H23ClN2O6S4.Na/c26-18-8-10-22-21(15-18)28(12-4-14-38(32,33)34)23(35-22)16-24-27(11-3-13-37(29,30)31)20-9-7-17-5-1-2-6-19(17)25(20)36-24;/h1-2,5-10,15-16H,3-4,11-14H2,(H-,29,30,31,32,33,34);/q;+1. The predicted molar refractivity (Wildman–Crippen MR) is 152 cm³/mol. The molecule has 1 aromatic heterocycles. The molecule has 1 N–H and O–H groups in total. The Labute approximate surface area is 262 Å². The number of aryl methyl sites for hydroxylation is 1. The van der Waals surface area contributed by atoms with Gasteiger partial charge in [0.15, 0.2) is 6.54 Å². The fourth-order valence-electron chi connectivity index (χ4n) is 4.49. The van der Waals surface area contributed by atoms with Crippen molar-refractivity contribution in [2.75, 3.05) is 23.0 Å². The number of aromatic nitrogens is 1. The molecule has 0 atom stereocenters. The van der Waals surface area contributed by atoms with Gasteiger partial charge in [-0.3, -0.25) is 4.55 Å². The average Bonchev–Trinajstić information content (AvgIpc) is 3.35. The fourth-order valence-corrected chi connectivity index (χ4v) is 8.07. The molecule has 0 fully saturated rings. The molecule has 5 rings (SSSR count). The summed E-state index contributed by atoms with van der Waals surface area (Å²) >= 11 is 9.35. The molecule has 0 aliphatic carbocycles. The Kier molecular flexibility index (Phi) is 9.75. The number of rotatable bonds is 9. The summed E-state index contributed by atoms with van der Waals surface area (Å²) in [4.78, 5) is 2.91. The van der Waals surface area contributed by atoms with Crippen LogP contribution >= 0.6 is 34.7 Å². The molecule has 0 bridgehead atoms. The average molecular weight is 634 g/mol. The second-order valence-corrected chi connectivity index (χ2v) is 14.5. The Morgan fingerprint density at radius 2 is 1.79 bits per heavy atom. The van der Waals surface area contributed by atoms with E-state index < -0.39 is 26.0 Å². The van der Waals surface area contributed by atoms with Crippen LogP contribution in [0.2, 0.25) is 5.02 Å². The van der Waals surface area contributed by atoms with Gasteiger partial charge < -0.3 is 9.45 Å². The summed E-state index contributed by atoms with van der Waals surface area (Å²) in [6.07, 6.45) is 2.38. The Balaban J connectivity index is 0.00000353. The van der Waals surface area contributed by atoms with E-state index in [-0.39, 0.29) is 48.2 Å². The first kappa shape index (κ1) is 30.8. The van der Waals surface area contributed by atoms with Crippen molar-refractivity contribution in [1.29, 1.82) is 0 Å². The number of hydrogen-bond acceptors (Lipinski definition) is 8. The van der Waals surface area contributed by atoms with E-state index in [1.54, 1.807) is 17.4 Å².